The van der Waals surface area contributed by atoms with Crippen LogP contribution in [-0.4, -0.2) is 66.1 Å². The number of nitrogens with one attached hydrogen (secondary N) is 1. The summed E-state index contributed by atoms with van der Waals surface area (Å²) in [4.78, 5) is 18.0. The highest BCUT2D eigenvalue weighted by Crippen LogP contribution is 2.39. The topological polar surface area (TPSA) is 63.3 Å². The van der Waals surface area contributed by atoms with Gasteiger partial charge >= 0.3 is 0 Å². The lowest BCUT2D eigenvalue weighted by Crippen LogP contribution is -2.61. The number of amides is 1. The number of benzene rings is 2. The van der Waals surface area contributed by atoms with E-state index in [1.165, 1.54) is 11.3 Å². The molecule has 2 aliphatic heterocycles. The van der Waals surface area contributed by atoms with Crippen molar-refractivity contribution in [2.75, 3.05) is 63.9 Å². The van der Waals surface area contributed by atoms with Crippen molar-refractivity contribution in [3.63, 3.8) is 0 Å². The highest BCUT2D eigenvalue weighted by atomic mass is 16.5. The van der Waals surface area contributed by atoms with Gasteiger partial charge in [0.05, 0.1) is 26.2 Å². The second kappa shape index (κ2) is 10.1. The second-order valence-corrected chi connectivity index (χ2v) is 8.35. The second-order valence-electron chi connectivity index (χ2n) is 8.35. The Balaban J connectivity index is 1.58. The predicted octanol–water partition coefficient (Wildman–Crippen LogP) is 2.72. The SMILES string of the molecule is COCCCNC(=O)C1Cc2ccc(OC)cc2N2CCN(c3ccc(OC)cc3)CC12. The molecule has 2 aromatic carbocycles. The average molecular weight is 440 g/mol. The molecule has 1 saturated heterocycles. The van der Waals surface area contributed by atoms with Crippen molar-refractivity contribution in [2.45, 2.75) is 18.9 Å². The number of fused-ring (bicyclic) bond motifs is 3. The minimum absolute atomic E-state index is 0.0906. The third kappa shape index (κ3) is 4.63. The first kappa shape index (κ1) is 22.3. The summed E-state index contributed by atoms with van der Waals surface area (Å²) in [6.45, 7) is 3.81. The molecule has 1 N–H and O–H groups in total. The van der Waals surface area contributed by atoms with E-state index < -0.39 is 0 Å². The van der Waals surface area contributed by atoms with E-state index in [0.717, 1.165) is 49.7 Å². The van der Waals surface area contributed by atoms with Crippen LogP contribution >= 0.6 is 0 Å². The van der Waals surface area contributed by atoms with Crippen molar-refractivity contribution in [3.05, 3.63) is 48.0 Å². The standard InChI is InChI=1S/C25H33N3O4/c1-30-14-4-11-26-25(29)22-15-18-5-8-21(32-3)16-23(18)28-13-12-27(17-24(22)28)19-6-9-20(31-2)10-7-19/h5-10,16,22,24H,4,11-15,17H2,1-3H3,(H,26,29). The minimum Gasteiger partial charge on any atom is -0.497 e. The van der Waals surface area contributed by atoms with E-state index in [9.17, 15) is 4.79 Å². The molecule has 4 rings (SSSR count). The molecule has 1 fully saturated rings. The first-order valence-corrected chi connectivity index (χ1v) is 11.2. The summed E-state index contributed by atoms with van der Waals surface area (Å²) in [6, 6.07) is 14.4. The molecule has 1 amide bonds. The normalized spacial score (nSPS) is 19.7. The monoisotopic (exact) mass is 439 g/mol. The lowest BCUT2D eigenvalue weighted by Gasteiger charge is -2.49. The Morgan fingerprint density at radius 1 is 1.03 bits per heavy atom. The van der Waals surface area contributed by atoms with Gasteiger partial charge in [0.2, 0.25) is 5.91 Å². The Morgan fingerprint density at radius 3 is 2.50 bits per heavy atom. The van der Waals surface area contributed by atoms with Gasteiger partial charge in [-0.25, -0.2) is 0 Å². The van der Waals surface area contributed by atoms with Gasteiger partial charge in [0.15, 0.2) is 0 Å². The Morgan fingerprint density at radius 2 is 1.78 bits per heavy atom. The third-order valence-corrected chi connectivity index (χ3v) is 6.52. The number of piperazine rings is 1. The van der Waals surface area contributed by atoms with Gasteiger partial charge in [-0.05, 0) is 48.7 Å². The molecule has 2 heterocycles. The van der Waals surface area contributed by atoms with Crippen LogP contribution in [0.5, 0.6) is 11.5 Å². The van der Waals surface area contributed by atoms with Crippen LogP contribution in [-0.2, 0) is 16.0 Å². The fourth-order valence-corrected chi connectivity index (χ4v) is 4.79. The van der Waals surface area contributed by atoms with Gasteiger partial charge in [-0.15, -0.1) is 0 Å². The molecule has 0 radical (unpaired) electrons. The zero-order chi connectivity index (χ0) is 22.5. The number of rotatable bonds is 8. The molecule has 2 aliphatic rings. The Labute approximate surface area is 190 Å². The predicted molar refractivity (Wildman–Crippen MR) is 126 cm³/mol. The smallest absolute Gasteiger partial charge is 0.225 e. The molecule has 0 aliphatic carbocycles. The Hall–Kier alpha value is -2.93. The molecule has 32 heavy (non-hydrogen) atoms. The van der Waals surface area contributed by atoms with E-state index in [0.29, 0.717) is 13.2 Å². The van der Waals surface area contributed by atoms with Gasteiger partial charge in [0, 0.05) is 57.3 Å². The fraction of sp³-hybridized carbons (Fsp3) is 0.480. The molecule has 2 aromatic rings. The van der Waals surface area contributed by atoms with Crippen LogP contribution in [0.3, 0.4) is 0 Å². The van der Waals surface area contributed by atoms with Crippen LogP contribution in [0.15, 0.2) is 42.5 Å². The Kier molecular flexibility index (Phi) is 7.05. The third-order valence-electron chi connectivity index (χ3n) is 6.52. The highest BCUT2D eigenvalue weighted by Gasteiger charge is 2.41. The van der Waals surface area contributed by atoms with Gasteiger partial charge in [-0.2, -0.15) is 0 Å². The average Bonchev–Trinajstić information content (AvgIpc) is 2.85. The number of anilines is 2. The van der Waals surface area contributed by atoms with E-state index in [1.54, 1.807) is 21.3 Å². The molecular weight excluding hydrogens is 406 g/mol. The number of hydrogen-bond acceptors (Lipinski definition) is 6. The molecule has 172 valence electrons. The maximum atomic E-state index is 13.2. The summed E-state index contributed by atoms with van der Waals surface area (Å²) in [5, 5.41) is 3.14. The van der Waals surface area contributed by atoms with Crippen molar-refractivity contribution in [2.24, 2.45) is 5.92 Å². The summed E-state index contributed by atoms with van der Waals surface area (Å²) < 4.78 is 15.9. The number of carbonyl (C=O) groups excluding carboxylic acids is 1. The molecule has 2 unspecified atom stereocenters. The summed E-state index contributed by atoms with van der Waals surface area (Å²) in [6.07, 6.45) is 1.54. The molecule has 0 aromatic heterocycles. The fourth-order valence-electron chi connectivity index (χ4n) is 4.79. The van der Waals surface area contributed by atoms with Crippen LogP contribution in [0, 0.1) is 5.92 Å². The molecule has 0 spiro atoms. The number of methoxy groups -OCH3 is 3. The van der Waals surface area contributed by atoms with E-state index in [-0.39, 0.29) is 17.9 Å². The van der Waals surface area contributed by atoms with Crippen molar-refractivity contribution in [1.82, 2.24) is 5.32 Å². The van der Waals surface area contributed by atoms with E-state index in [4.69, 9.17) is 14.2 Å². The summed E-state index contributed by atoms with van der Waals surface area (Å²) in [7, 11) is 5.05. The van der Waals surface area contributed by atoms with Crippen molar-refractivity contribution in [3.8, 4) is 11.5 Å². The van der Waals surface area contributed by atoms with Gasteiger partial charge in [-0.1, -0.05) is 6.07 Å². The number of ether oxygens (including phenoxy) is 3. The van der Waals surface area contributed by atoms with Crippen LogP contribution in [0.4, 0.5) is 11.4 Å². The molecule has 7 nitrogen and oxygen atoms in total. The zero-order valence-electron chi connectivity index (χ0n) is 19.2. The molecule has 2 atom stereocenters. The van der Waals surface area contributed by atoms with Crippen LogP contribution < -0.4 is 24.6 Å². The zero-order valence-corrected chi connectivity index (χ0v) is 19.2. The van der Waals surface area contributed by atoms with E-state index in [1.807, 2.05) is 18.2 Å². The Bertz CT molecular complexity index is 918. The van der Waals surface area contributed by atoms with Crippen molar-refractivity contribution >= 4 is 17.3 Å². The largest absolute Gasteiger partial charge is 0.497 e. The summed E-state index contributed by atoms with van der Waals surface area (Å²) in [5.41, 5.74) is 3.55. The van der Waals surface area contributed by atoms with Gasteiger partial charge in [-0.3, -0.25) is 4.79 Å². The molecule has 0 saturated carbocycles. The van der Waals surface area contributed by atoms with E-state index >= 15 is 0 Å². The first-order chi connectivity index (χ1) is 15.6. The lowest BCUT2D eigenvalue weighted by molar-refractivity contribution is -0.125. The number of carbonyl (C=O) groups is 1. The first-order valence-electron chi connectivity index (χ1n) is 11.2. The lowest BCUT2D eigenvalue weighted by atomic mass is 9.83. The van der Waals surface area contributed by atoms with Crippen LogP contribution in [0.1, 0.15) is 12.0 Å². The van der Waals surface area contributed by atoms with Gasteiger partial charge < -0.3 is 29.3 Å². The number of nitrogens with zero attached hydrogens (tertiary/aromatic N) is 2. The maximum Gasteiger partial charge on any atom is 0.225 e. The van der Waals surface area contributed by atoms with Crippen molar-refractivity contribution < 1.29 is 19.0 Å². The van der Waals surface area contributed by atoms with Gasteiger partial charge in [0.1, 0.15) is 11.5 Å². The summed E-state index contributed by atoms with van der Waals surface area (Å²) in [5.74, 6) is 1.70. The molecule has 0 bridgehead atoms. The molecule has 7 heteroatoms. The number of hydrogen-bond donors (Lipinski definition) is 1. The quantitative estimate of drug-likeness (QED) is 0.638. The highest BCUT2D eigenvalue weighted by molar-refractivity contribution is 5.82. The minimum atomic E-state index is -0.112. The van der Waals surface area contributed by atoms with Crippen LogP contribution in [0.25, 0.3) is 0 Å². The maximum absolute atomic E-state index is 13.2. The van der Waals surface area contributed by atoms with Crippen LogP contribution in [0.2, 0.25) is 0 Å². The molecular formula is C25H33N3O4. The van der Waals surface area contributed by atoms with E-state index in [2.05, 4.69) is 39.4 Å². The van der Waals surface area contributed by atoms with Crippen molar-refractivity contribution in [1.29, 1.82) is 0 Å². The summed E-state index contributed by atoms with van der Waals surface area (Å²) >= 11 is 0. The van der Waals surface area contributed by atoms with Gasteiger partial charge in [0.25, 0.3) is 0 Å².